The number of amides is 1. The first-order chi connectivity index (χ1) is 12.7. The van der Waals surface area contributed by atoms with E-state index >= 15 is 0 Å². The largest absolute Gasteiger partial charge is 0.416 e. The van der Waals surface area contributed by atoms with Crippen LogP contribution in [0.5, 0.6) is 0 Å². The molecule has 1 aromatic heterocycles. The normalized spacial score (nSPS) is 11.5. The number of alkyl halides is 3. The Hall–Kier alpha value is -2.64. The lowest BCUT2D eigenvalue weighted by atomic mass is 10.2. The Kier molecular flexibility index (Phi) is 6.41. The van der Waals surface area contributed by atoms with Crippen LogP contribution in [0, 0.1) is 6.92 Å². The molecule has 1 heterocycles. The van der Waals surface area contributed by atoms with Gasteiger partial charge in [0, 0.05) is 24.8 Å². The Morgan fingerprint density at radius 2 is 1.93 bits per heavy atom. The van der Waals surface area contributed by atoms with Crippen molar-refractivity contribution in [1.29, 1.82) is 0 Å². The van der Waals surface area contributed by atoms with Crippen LogP contribution in [-0.2, 0) is 6.18 Å². The van der Waals surface area contributed by atoms with Gasteiger partial charge in [-0.05, 0) is 38.5 Å². The summed E-state index contributed by atoms with van der Waals surface area (Å²) < 4.78 is 40.1. The number of aryl methyl sites for hydroxylation is 1. The second-order valence-electron chi connectivity index (χ2n) is 6.20. The molecule has 0 aliphatic heterocycles. The molecular formula is C19H22F3N3O2. The van der Waals surface area contributed by atoms with Gasteiger partial charge in [-0.15, -0.1) is 0 Å². The summed E-state index contributed by atoms with van der Waals surface area (Å²) in [6, 6.07) is 5.82. The summed E-state index contributed by atoms with van der Waals surface area (Å²) in [5.74, 6) is -0.517. The van der Waals surface area contributed by atoms with Gasteiger partial charge in [-0.25, -0.2) is 4.68 Å². The number of carbonyl (C=O) groups excluding carboxylic acids is 1. The van der Waals surface area contributed by atoms with Crippen molar-refractivity contribution in [3.05, 3.63) is 57.5 Å². The molecule has 0 saturated carbocycles. The van der Waals surface area contributed by atoms with Crippen molar-refractivity contribution in [3.63, 3.8) is 0 Å². The number of carbonyl (C=O) groups is 1. The first-order valence-corrected chi connectivity index (χ1v) is 8.77. The predicted octanol–water partition coefficient (Wildman–Crippen LogP) is 3.82. The summed E-state index contributed by atoms with van der Waals surface area (Å²) in [6.07, 6.45) is -2.83. The zero-order valence-corrected chi connectivity index (χ0v) is 15.5. The van der Waals surface area contributed by atoms with Crippen molar-refractivity contribution >= 4 is 5.91 Å². The van der Waals surface area contributed by atoms with E-state index in [4.69, 9.17) is 0 Å². The van der Waals surface area contributed by atoms with E-state index in [-0.39, 0.29) is 11.4 Å². The highest BCUT2D eigenvalue weighted by Crippen LogP contribution is 2.30. The number of hydrogen-bond donors (Lipinski definition) is 0. The minimum Gasteiger partial charge on any atom is -0.337 e. The van der Waals surface area contributed by atoms with E-state index in [0.717, 1.165) is 25.0 Å². The zero-order chi connectivity index (χ0) is 20.2. The van der Waals surface area contributed by atoms with Crippen LogP contribution in [-0.4, -0.2) is 33.7 Å². The molecule has 0 atom stereocenters. The maximum absolute atomic E-state index is 13.0. The van der Waals surface area contributed by atoms with Crippen LogP contribution in [0.1, 0.15) is 48.4 Å². The first-order valence-electron chi connectivity index (χ1n) is 8.77. The van der Waals surface area contributed by atoms with Crippen LogP contribution in [0.15, 0.2) is 35.1 Å². The van der Waals surface area contributed by atoms with E-state index in [0.29, 0.717) is 18.8 Å². The molecule has 0 unspecified atom stereocenters. The third-order valence-corrected chi connectivity index (χ3v) is 4.18. The van der Waals surface area contributed by atoms with E-state index in [1.54, 1.807) is 13.8 Å². The fraction of sp³-hybridized carbons (Fsp3) is 0.421. The number of unbranched alkanes of at least 4 members (excludes halogenated alkanes) is 1. The Bertz CT molecular complexity index is 875. The van der Waals surface area contributed by atoms with Gasteiger partial charge >= 0.3 is 6.18 Å². The molecule has 2 rings (SSSR count). The molecule has 0 N–H and O–H groups in total. The topological polar surface area (TPSA) is 55.2 Å². The summed E-state index contributed by atoms with van der Waals surface area (Å²) in [6.45, 7) is 6.25. The highest BCUT2D eigenvalue weighted by molar-refractivity contribution is 5.92. The summed E-state index contributed by atoms with van der Waals surface area (Å²) in [5, 5.41) is 4.09. The molecule has 8 heteroatoms. The molecular weight excluding hydrogens is 359 g/mol. The number of nitrogens with zero attached hydrogens (tertiary/aromatic N) is 3. The fourth-order valence-corrected chi connectivity index (χ4v) is 2.67. The smallest absolute Gasteiger partial charge is 0.337 e. The van der Waals surface area contributed by atoms with E-state index < -0.39 is 23.1 Å². The molecule has 1 amide bonds. The summed E-state index contributed by atoms with van der Waals surface area (Å²) >= 11 is 0. The summed E-state index contributed by atoms with van der Waals surface area (Å²) in [5.41, 5.74) is -1.20. The van der Waals surface area contributed by atoms with Crippen LogP contribution >= 0.6 is 0 Å². The SMILES string of the molecule is CCCCN(CC)C(=O)c1nn(-c2cccc(C(F)(F)F)c2)c(C)cc1=O. The van der Waals surface area contributed by atoms with Crippen molar-refractivity contribution < 1.29 is 18.0 Å². The lowest BCUT2D eigenvalue weighted by Gasteiger charge is -2.20. The maximum atomic E-state index is 13.0. The second-order valence-corrected chi connectivity index (χ2v) is 6.20. The molecule has 146 valence electrons. The van der Waals surface area contributed by atoms with Crippen molar-refractivity contribution in [1.82, 2.24) is 14.7 Å². The molecule has 0 spiro atoms. The highest BCUT2D eigenvalue weighted by atomic mass is 19.4. The highest BCUT2D eigenvalue weighted by Gasteiger charge is 2.30. The Balaban J connectivity index is 2.50. The Morgan fingerprint density at radius 3 is 2.52 bits per heavy atom. The van der Waals surface area contributed by atoms with Crippen LogP contribution in [0.2, 0.25) is 0 Å². The molecule has 5 nitrogen and oxygen atoms in total. The van der Waals surface area contributed by atoms with Gasteiger partial charge in [0.1, 0.15) is 0 Å². The average molecular weight is 381 g/mol. The minimum absolute atomic E-state index is 0.132. The zero-order valence-electron chi connectivity index (χ0n) is 15.5. The number of aromatic nitrogens is 2. The Morgan fingerprint density at radius 1 is 1.22 bits per heavy atom. The molecule has 1 aromatic carbocycles. The number of halogens is 3. The van der Waals surface area contributed by atoms with Gasteiger partial charge in [0.25, 0.3) is 5.91 Å². The summed E-state index contributed by atoms with van der Waals surface area (Å²) in [7, 11) is 0. The molecule has 2 aromatic rings. The quantitative estimate of drug-likeness (QED) is 0.764. The summed E-state index contributed by atoms with van der Waals surface area (Å²) in [4.78, 5) is 26.5. The van der Waals surface area contributed by atoms with Crippen molar-refractivity contribution in [2.75, 3.05) is 13.1 Å². The monoisotopic (exact) mass is 381 g/mol. The van der Waals surface area contributed by atoms with Gasteiger partial charge in [0.05, 0.1) is 11.3 Å². The third-order valence-electron chi connectivity index (χ3n) is 4.18. The number of benzene rings is 1. The van der Waals surface area contributed by atoms with Crippen LogP contribution in [0.3, 0.4) is 0 Å². The van der Waals surface area contributed by atoms with Crippen LogP contribution in [0.4, 0.5) is 13.2 Å². The van der Waals surface area contributed by atoms with Crippen molar-refractivity contribution in [3.8, 4) is 5.69 Å². The van der Waals surface area contributed by atoms with Gasteiger partial charge in [-0.3, -0.25) is 9.59 Å². The van der Waals surface area contributed by atoms with Crippen molar-refractivity contribution in [2.45, 2.75) is 39.8 Å². The van der Waals surface area contributed by atoms with Crippen LogP contribution < -0.4 is 5.43 Å². The first kappa shape index (κ1) is 20.7. The predicted molar refractivity (Wildman–Crippen MR) is 96.1 cm³/mol. The molecule has 0 fully saturated rings. The van der Waals surface area contributed by atoms with Crippen molar-refractivity contribution in [2.24, 2.45) is 0 Å². The third kappa shape index (κ3) is 4.75. The van der Waals surface area contributed by atoms with E-state index in [2.05, 4.69) is 5.10 Å². The molecule has 0 aliphatic carbocycles. The lowest BCUT2D eigenvalue weighted by Crippen LogP contribution is -2.36. The maximum Gasteiger partial charge on any atom is 0.416 e. The number of rotatable bonds is 6. The van der Waals surface area contributed by atoms with Gasteiger partial charge in [0.15, 0.2) is 5.69 Å². The van der Waals surface area contributed by atoms with E-state index in [9.17, 15) is 22.8 Å². The minimum atomic E-state index is -4.50. The van der Waals surface area contributed by atoms with Crippen LogP contribution in [0.25, 0.3) is 5.69 Å². The lowest BCUT2D eigenvalue weighted by molar-refractivity contribution is -0.137. The number of hydrogen-bond acceptors (Lipinski definition) is 3. The second kappa shape index (κ2) is 8.37. The van der Waals surface area contributed by atoms with Gasteiger partial charge < -0.3 is 4.90 Å². The van der Waals surface area contributed by atoms with E-state index in [1.807, 2.05) is 6.92 Å². The molecule has 0 bridgehead atoms. The van der Waals surface area contributed by atoms with Gasteiger partial charge in [0.2, 0.25) is 5.43 Å². The molecule has 0 saturated heterocycles. The van der Waals surface area contributed by atoms with Gasteiger partial charge in [-0.2, -0.15) is 18.3 Å². The molecule has 27 heavy (non-hydrogen) atoms. The molecule has 0 aliphatic rings. The Labute approximate surface area is 155 Å². The van der Waals surface area contributed by atoms with Gasteiger partial charge in [-0.1, -0.05) is 19.4 Å². The van der Waals surface area contributed by atoms with E-state index in [1.165, 1.54) is 27.8 Å². The average Bonchev–Trinajstić information content (AvgIpc) is 2.61. The molecule has 0 radical (unpaired) electrons. The standard InChI is InChI=1S/C19H22F3N3O2/c1-4-6-10-24(5-2)18(27)17-16(26)11-13(3)25(23-17)15-9-7-8-14(12-15)19(20,21)22/h7-9,11-12H,4-6,10H2,1-3H3. The fourth-order valence-electron chi connectivity index (χ4n) is 2.67.